The smallest absolute Gasteiger partial charge is 0.238 e. The molecule has 0 unspecified atom stereocenters. The van der Waals surface area contributed by atoms with Crippen molar-refractivity contribution >= 4 is 17.3 Å². The molecule has 2 aromatic carbocycles. The first kappa shape index (κ1) is 22.3. The highest BCUT2D eigenvalue weighted by Gasteiger charge is 2.12. The van der Waals surface area contributed by atoms with E-state index in [1.807, 2.05) is 26.2 Å². The first-order valence-electron chi connectivity index (χ1n) is 10.7. The Morgan fingerprint density at radius 2 is 1.63 bits per heavy atom. The minimum Gasteiger partial charge on any atom is -0.379 e. The van der Waals surface area contributed by atoms with Crippen molar-refractivity contribution in [3.63, 3.8) is 0 Å². The Morgan fingerprint density at radius 3 is 2.23 bits per heavy atom. The van der Waals surface area contributed by atoms with Gasteiger partial charge in [-0.15, -0.1) is 0 Å². The van der Waals surface area contributed by atoms with E-state index in [0.717, 1.165) is 51.6 Å². The maximum atomic E-state index is 12.5. The molecule has 0 radical (unpaired) electrons. The number of rotatable bonds is 9. The summed E-state index contributed by atoms with van der Waals surface area (Å²) in [6.07, 6.45) is 0. The summed E-state index contributed by atoms with van der Waals surface area (Å²) in [5.41, 5.74) is 4.49. The van der Waals surface area contributed by atoms with E-state index in [4.69, 9.17) is 4.74 Å². The van der Waals surface area contributed by atoms with Gasteiger partial charge in [-0.25, -0.2) is 0 Å². The maximum absolute atomic E-state index is 12.5. The van der Waals surface area contributed by atoms with Crippen LogP contribution in [0, 0.1) is 0 Å². The standard InChI is InChI=1S/C24H34N4O2/c1-4-27(17-21-7-11-23(12-8-21)26(2)3)19-24(29)25-22-9-5-20(6-10-22)18-28-13-15-30-16-14-28/h5-12H,4,13-19H2,1-3H3,(H,25,29). The number of carbonyl (C=O) groups is 1. The van der Waals surface area contributed by atoms with Crippen LogP contribution in [0.5, 0.6) is 0 Å². The first-order valence-corrected chi connectivity index (χ1v) is 10.7. The lowest BCUT2D eigenvalue weighted by Gasteiger charge is -2.26. The molecule has 0 atom stereocenters. The van der Waals surface area contributed by atoms with E-state index in [9.17, 15) is 4.79 Å². The van der Waals surface area contributed by atoms with Gasteiger partial charge in [-0.3, -0.25) is 14.6 Å². The van der Waals surface area contributed by atoms with Gasteiger partial charge in [0.1, 0.15) is 0 Å². The summed E-state index contributed by atoms with van der Waals surface area (Å²) in [5, 5.41) is 3.03. The van der Waals surface area contributed by atoms with Crippen molar-refractivity contribution in [1.82, 2.24) is 9.80 Å². The minimum absolute atomic E-state index is 0.0164. The summed E-state index contributed by atoms with van der Waals surface area (Å²) >= 11 is 0. The molecule has 1 N–H and O–H groups in total. The zero-order chi connectivity index (χ0) is 21.3. The van der Waals surface area contributed by atoms with E-state index in [2.05, 4.69) is 63.3 Å². The van der Waals surface area contributed by atoms with Crippen LogP contribution in [-0.2, 0) is 22.6 Å². The van der Waals surface area contributed by atoms with Crippen LogP contribution in [0.1, 0.15) is 18.1 Å². The van der Waals surface area contributed by atoms with E-state index in [-0.39, 0.29) is 5.91 Å². The number of hydrogen-bond acceptors (Lipinski definition) is 5. The Bertz CT molecular complexity index is 784. The Kier molecular flexibility index (Phi) is 8.25. The van der Waals surface area contributed by atoms with Crippen molar-refractivity contribution < 1.29 is 9.53 Å². The minimum atomic E-state index is 0.0164. The fourth-order valence-electron chi connectivity index (χ4n) is 3.55. The van der Waals surface area contributed by atoms with E-state index in [1.165, 1.54) is 16.8 Å². The SMILES string of the molecule is CCN(CC(=O)Nc1ccc(CN2CCOCC2)cc1)Cc1ccc(N(C)C)cc1. The molecule has 3 rings (SSSR count). The molecule has 1 heterocycles. The van der Waals surface area contributed by atoms with Crippen LogP contribution in [0.2, 0.25) is 0 Å². The molecule has 1 fully saturated rings. The molecule has 1 aliphatic heterocycles. The number of nitrogens with zero attached hydrogens (tertiary/aromatic N) is 3. The number of amides is 1. The normalized spacial score (nSPS) is 14.7. The van der Waals surface area contributed by atoms with Crippen molar-refractivity contribution in [2.24, 2.45) is 0 Å². The summed E-state index contributed by atoms with van der Waals surface area (Å²) in [4.78, 5) is 19.2. The van der Waals surface area contributed by atoms with Crippen LogP contribution >= 0.6 is 0 Å². The van der Waals surface area contributed by atoms with Gasteiger partial charge >= 0.3 is 0 Å². The van der Waals surface area contributed by atoms with Crippen LogP contribution in [0.15, 0.2) is 48.5 Å². The zero-order valence-electron chi connectivity index (χ0n) is 18.4. The van der Waals surface area contributed by atoms with Crippen LogP contribution in [0.3, 0.4) is 0 Å². The molecule has 30 heavy (non-hydrogen) atoms. The molecule has 0 saturated carbocycles. The van der Waals surface area contributed by atoms with Crippen LogP contribution in [-0.4, -0.2) is 69.2 Å². The van der Waals surface area contributed by atoms with E-state index < -0.39 is 0 Å². The molecule has 0 aromatic heterocycles. The van der Waals surface area contributed by atoms with Gasteiger partial charge in [-0.2, -0.15) is 0 Å². The first-order chi connectivity index (χ1) is 14.5. The van der Waals surface area contributed by atoms with Gasteiger partial charge in [0, 0.05) is 51.6 Å². The molecule has 0 bridgehead atoms. The van der Waals surface area contributed by atoms with Gasteiger partial charge in [0.15, 0.2) is 0 Å². The molecule has 2 aromatic rings. The van der Waals surface area contributed by atoms with Crippen molar-refractivity contribution in [3.8, 4) is 0 Å². The predicted molar refractivity (Wildman–Crippen MR) is 123 cm³/mol. The highest BCUT2D eigenvalue weighted by atomic mass is 16.5. The second-order valence-electron chi connectivity index (χ2n) is 8.00. The summed E-state index contributed by atoms with van der Waals surface area (Å²) in [6.45, 7) is 8.53. The second-order valence-corrected chi connectivity index (χ2v) is 8.00. The molecule has 1 aliphatic rings. The number of likely N-dealkylation sites (N-methyl/N-ethyl adjacent to an activating group) is 1. The Hall–Kier alpha value is -2.41. The lowest BCUT2D eigenvalue weighted by molar-refractivity contribution is -0.117. The number of nitrogens with one attached hydrogen (secondary N) is 1. The third-order valence-electron chi connectivity index (χ3n) is 5.42. The number of anilines is 2. The van der Waals surface area contributed by atoms with Gasteiger partial charge in [-0.05, 0) is 41.9 Å². The average Bonchev–Trinajstić information content (AvgIpc) is 2.75. The van der Waals surface area contributed by atoms with Crippen molar-refractivity contribution in [1.29, 1.82) is 0 Å². The Labute approximate surface area is 180 Å². The maximum Gasteiger partial charge on any atom is 0.238 e. The molecule has 1 amide bonds. The highest BCUT2D eigenvalue weighted by Crippen LogP contribution is 2.15. The molecule has 0 spiro atoms. The number of ether oxygens (including phenoxy) is 1. The molecule has 0 aliphatic carbocycles. The number of benzene rings is 2. The largest absolute Gasteiger partial charge is 0.379 e. The third kappa shape index (κ3) is 6.83. The number of morpholine rings is 1. The molecule has 6 nitrogen and oxygen atoms in total. The summed E-state index contributed by atoms with van der Waals surface area (Å²) < 4.78 is 5.40. The number of carbonyl (C=O) groups excluding carboxylic acids is 1. The van der Waals surface area contributed by atoms with Gasteiger partial charge in [0.25, 0.3) is 0 Å². The van der Waals surface area contributed by atoms with Crippen LogP contribution < -0.4 is 10.2 Å². The number of hydrogen-bond donors (Lipinski definition) is 1. The van der Waals surface area contributed by atoms with Gasteiger partial charge in [-0.1, -0.05) is 31.2 Å². The summed E-state index contributed by atoms with van der Waals surface area (Å²) in [6, 6.07) is 16.6. The molecular weight excluding hydrogens is 376 g/mol. The lowest BCUT2D eigenvalue weighted by Crippen LogP contribution is -2.35. The Morgan fingerprint density at radius 1 is 1.00 bits per heavy atom. The van der Waals surface area contributed by atoms with Gasteiger partial charge in [0.05, 0.1) is 19.8 Å². The molecule has 162 valence electrons. The third-order valence-corrected chi connectivity index (χ3v) is 5.42. The zero-order valence-corrected chi connectivity index (χ0v) is 18.4. The predicted octanol–water partition coefficient (Wildman–Crippen LogP) is 3.05. The Balaban J connectivity index is 1.48. The van der Waals surface area contributed by atoms with Crippen molar-refractivity contribution in [3.05, 3.63) is 59.7 Å². The fourth-order valence-corrected chi connectivity index (χ4v) is 3.55. The van der Waals surface area contributed by atoms with Crippen LogP contribution in [0.4, 0.5) is 11.4 Å². The monoisotopic (exact) mass is 410 g/mol. The van der Waals surface area contributed by atoms with Gasteiger partial charge in [0.2, 0.25) is 5.91 Å². The van der Waals surface area contributed by atoms with E-state index >= 15 is 0 Å². The molecule has 1 saturated heterocycles. The van der Waals surface area contributed by atoms with Gasteiger partial charge < -0.3 is 15.0 Å². The fraction of sp³-hybridized carbons (Fsp3) is 0.458. The van der Waals surface area contributed by atoms with E-state index in [1.54, 1.807) is 0 Å². The second kappa shape index (κ2) is 11.1. The van der Waals surface area contributed by atoms with Crippen molar-refractivity contribution in [2.75, 3.05) is 63.7 Å². The summed E-state index contributed by atoms with van der Waals surface area (Å²) in [5.74, 6) is 0.0164. The van der Waals surface area contributed by atoms with Crippen LogP contribution in [0.25, 0.3) is 0 Å². The lowest BCUT2D eigenvalue weighted by atomic mass is 10.1. The molecule has 6 heteroatoms. The van der Waals surface area contributed by atoms with Crippen molar-refractivity contribution in [2.45, 2.75) is 20.0 Å². The molecular formula is C24H34N4O2. The topological polar surface area (TPSA) is 48.1 Å². The summed E-state index contributed by atoms with van der Waals surface area (Å²) in [7, 11) is 4.07. The van der Waals surface area contributed by atoms with E-state index in [0.29, 0.717) is 6.54 Å². The average molecular weight is 411 g/mol. The highest BCUT2D eigenvalue weighted by molar-refractivity contribution is 5.92. The quantitative estimate of drug-likeness (QED) is 0.689.